The Hall–Kier alpha value is -1.35. The molecule has 0 spiro atoms. The lowest BCUT2D eigenvalue weighted by Gasteiger charge is -2.04. The van der Waals surface area contributed by atoms with Crippen LogP contribution in [0.5, 0.6) is 0 Å². The van der Waals surface area contributed by atoms with Gasteiger partial charge in [-0.3, -0.25) is 4.79 Å². The average molecular weight is 234 g/mol. The van der Waals surface area contributed by atoms with Crippen LogP contribution in [-0.4, -0.2) is 19.2 Å². The van der Waals surface area contributed by atoms with E-state index in [1.807, 2.05) is 37.3 Å². The summed E-state index contributed by atoms with van der Waals surface area (Å²) < 4.78 is 10.6. The van der Waals surface area contributed by atoms with E-state index in [1.54, 1.807) is 0 Å². The highest BCUT2D eigenvalue weighted by molar-refractivity contribution is 5.75. The number of carbonyl (C=O) groups excluding carboxylic acids is 1. The van der Waals surface area contributed by atoms with Crippen LogP contribution in [0.1, 0.15) is 18.9 Å². The monoisotopic (exact) mass is 234 g/mol. The van der Waals surface area contributed by atoms with Crippen molar-refractivity contribution in [2.75, 3.05) is 13.2 Å². The van der Waals surface area contributed by atoms with Crippen molar-refractivity contribution >= 4 is 5.97 Å². The molecule has 0 radical (unpaired) electrons. The van der Waals surface area contributed by atoms with Gasteiger partial charge < -0.3 is 9.47 Å². The van der Waals surface area contributed by atoms with Gasteiger partial charge in [0.15, 0.2) is 0 Å². The van der Waals surface area contributed by atoms with Crippen molar-refractivity contribution in [3.8, 4) is 0 Å². The molecule has 2 unspecified atom stereocenters. The second-order valence-corrected chi connectivity index (χ2v) is 4.36. The second-order valence-electron chi connectivity index (χ2n) is 4.36. The summed E-state index contributed by atoms with van der Waals surface area (Å²) in [5, 5.41) is 0. The first kappa shape index (κ1) is 12.1. The summed E-state index contributed by atoms with van der Waals surface area (Å²) in [4.78, 5) is 11.4. The molecule has 1 aliphatic carbocycles. The topological polar surface area (TPSA) is 35.5 Å². The van der Waals surface area contributed by atoms with E-state index in [4.69, 9.17) is 9.47 Å². The van der Waals surface area contributed by atoms with Crippen LogP contribution in [0.25, 0.3) is 0 Å². The maximum absolute atomic E-state index is 11.4. The van der Waals surface area contributed by atoms with Gasteiger partial charge in [-0.15, -0.1) is 0 Å². The molecule has 17 heavy (non-hydrogen) atoms. The Labute approximate surface area is 102 Å². The maximum atomic E-state index is 11.4. The second kappa shape index (κ2) is 5.82. The minimum Gasteiger partial charge on any atom is -0.466 e. The van der Waals surface area contributed by atoms with Gasteiger partial charge in [0.1, 0.15) is 0 Å². The fraction of sp³-hybridized carbons (Fsp3) is 0.500. The highest BCUT2D eigenvalue weighted by atomic mass is 16.5. The molecular formula is C14H18O3. The first-order valence-corrected chi connectivity index (χ1v) is 6.09. The molecule has 1 fully saturated rings. The van der Waals surface area contributed by atoms with E-state index in [1.165, 1.54) is 5.56 Å². The van der Waals surface area contributed by atoms with Crippen LogP contribution < -0.4 is 0 Å². The van der Waals surface area contributed by atoms with Crippen LogP contribution in [0, 0.1) is 11.8 Å². The number of ether oxygens (including phenoxy) is 2. The molecule has 0 bridgehead atoms. The van der Waals surface area contributed by atoms with Gasteiger partial charge in [-0.1, -0.05) is 30.3 Å². The molecule has 3 nitrogen and oxygen atoms in total. The SMILES string of the molecule is CCOC(=O)C1CC1COCc1ccccc1. The number of hydrogen-bond acceptors (Lipinski definition) is 3. The third-order valence-electron chi connectivity index (χ3n) is 2.96. The molecule has 3 heteroatoms. The molecule has 92 valence electrons. The molecule has 0 aromatic heterocycles. The lowest BCUT2D eigenvalue weighted by atomic mass is 10.2. The number of hydrogen-bond donors (Lipinski definition) is 0. The third kappa shape index (κ3) is 3.56. The van der Waals surface area contributed by atoms with Crippen molar-refractivity contribution < 1.29 is 14.3 Å². The molecule has 0 heterocycles. The average Bonchev–Trinajstić information content (AvgIpc) is 3.10. The molecule has 1 aromatic carbocycles. The zero-order valence-electron chi connectivity index (χ0n) is 10.1. The largest absolute Gasteiger partial charge is 0.466 e. The van der Waals surface area contributed by atoms with Crippen LogP contribution in [0.3, 0.4) is 0 Å². The van der Waals surface area contributed by atoms with E-state index < -0.39 is 0 Å². The molecule has 0 aliphatic heterocycles. The van der Waals surface area contributed by atoms with Gasteiger partial charge >= 0.3 is 5.97 Å². The Morgan fingerprint density at radius 3 is 2.82 bits per heavy atom. The standard InChI is InChI=1S/C14H18O3/c1-2-17-14(15)13-8-12(13)10-16-9-11-6-4-3-5-7-11/h3-7,12-13H,2,8-10H2,1H3. The Balaban J connectivity index is 1.63. The highest BCUT2D eigenvalue weighted by Gasteiger charge is 2.44. The number of carbonyl (C=O) groups is 1. The van der Waals surface area contributed by atoms with Crippen molar-refractivity contribution in [2.45, 2.75) is 20.0 Å². The quantitative estimate of drug-likeness (QED) is 0.709. The van der Waals surface area contributed by atoms with Crippen molar-refractivity contribution in [3.63, 3.8) is 0 Å². The normalized spacial score (nSPS) is 22.2. The zero-order chi connectivity index (χ0) is 12.1. The van der Waals surface area contributed by atoms with Crippen LogP contribution in [0.4, 0.5) is 0 Å². The summed E-state index contributed by atoms with van der Waals surface area (Å²) >= 11 is 0. The first-order chi connectivity index (χ1) is 8.31. The zero-order valence-corrected chi connectivity index (χ0v) is 10.1. The van der Waals surface area contributed by atoms with Gasteiger partial charge in [0.25, 0.3) is 0 Å². The molecule has 1 aliphatic rings. The number of benzene rings is 1. The van der Waals surface area contributed by atoms with E-state index in [2.05, 4.69) is 0 Å². The summed E-state index contributed by atoms with van der Waals surface area (Å²) in [5.41, 5.74) is 1.17. The Morgan fingerprint density at radius 1 is 1.35 bits per heavy atom. The van der Waals surface area contributed by atoms with Gasteiger partial charge in [0.05, 0.1) is 25.7 Å². The van der Waals surface area contributed by atoms with Crippen molar-refractivity contribution in [3.05, 3.63) is 35.9 Å². The molecule has 1 saturated carbocycles. The van der Waals surface area contributed by atoms with Crippen LogP contribution in [0.15, 0.2) is 30.3 Å². The fourth-order valence-electron chi connectivity index (χ4n) is 1.87. The van der Waals surface area contributed by atoms with Crippen LogP contribution in [0.2, 0.25) is 0 Å². The lowest BCUT2D eigenvalue weighted by molar-refractivity contribution is -0.145. The smallest absolute Gasteiger partial charge is 0.309 e. The molecule has 0 amide bonds. The summed E-state index contributed by atoms with van der Waals surface area (Å²) in [7, 11) is 0. The van der Waals surface area contributed by atoms with Gasteiger partial charge in [-0.05, 0) is 24.8 Å². The van der Waals surface area contributed by atoms with Gasteiger partial charge in [-0.2, -0.15) is 0 Å². The summed E-state index contributed by atoms with van der Waals surface area (Å²) in [5.74, 6) is 0.365. The number of esters is 1. The van der Waals surface area contributed by atoms with Crippen LogP contribution in [-0.2, 0) is 20.9 Å². The molecule has 0 saturated heterocycles. The molecule has 1 aromatic rings. The molecule has 2 rings (SSSR count). The van der Waals surface area contributed by atoms with Crippen LogP contribution >= 0.6 is 0 Å². The summed E-state index contributed by atoms with van der Waals surface area (Å²) in [6.07, 6.45) is 0.910. The van der Waals surface area contributed by atoms with Crippen molar-refractivity contribution in [1.29, 1.82) is 0 Å². The Morgan fingerprint density at radius 2 is 2.12 bits per heavy atom. The predicted octanol–water partition coefficient (Wildman–Crippen LogP) is 2.40. The minimum absolute atomic E-state index is 0.0687. The third-order valence-corrected chi connectivity index (χ3v) is 2.96. The van der Waals surface area contributed by atoms with Gasteiger partial charge in [-0.25, -0.2) is 0 Å². The number of rotatable bonds is 6. The van der Waals surface area contributed by atoms with Gasteiger partial charge in [0, 0.05) is 0 Å². The maximum Gasteiger partial charge on any atom is 0.309 e. The fourth-order valence-corrected chi connectivity index (χ4v) is 1.87. The summed E-state index contributed by atoms with van der Waals surface area (Å²) in [6, 6.07) is 10.1. The molecular weight excluding hydrogens is 216 g/mol. The summed E-state index contributed by atoms with van der Waals surface area (Å²) in [6.45, 7) is 3.57. The predicted molar refractivity (Wildman–Crippen MR) is 64.3 cm³/mol. The van der Waals surface area contributed by atoms with Gasteiger partial charge in [0.2, 0.25) is 0 Å². The van der Waals surface area contributed by atoms with Crippen molar-refractivity contribution in [2.24, 2.45) is 11.8 Å². The van der Waals surface area contributed by atoms with E-state index in [0.29, 0.717) is 25.7 Å². The van der Waals surface area contributed by atoms with E-state index in [9.17, 15) is 4.79 Å². The molecule has 2 atom stereocenters. The lowest BCUT2D eigenvalue weighted by Crippen LogP contribution is -2.09. The highest BCUT2D eigenvalue weighted by Crippen LogP contribution is 2.39. The Bertz CT molecular complexity index is 361. The van der Waals surface area contributed by atoms with E-state index in [-0.39, 0.29) is 11.9 Å². The Kier molecular flexibility index (Phi) is 4.15. The first-order valence-electron chi connectivity index (χ1n) is 6.09. The van der Waals surface area contributed by atoms with E-state index in [0.717, 1.165) is 6.42 Å². The molecule has 0 N–H and O–H groups in total. The van der Waals surface area contributed by atoms with Crippen molar-refractivity contribution in [1.82, 2.24) is 0 Å². The minimum atomic E-state index is -0.0687. The van der Waals surface area contributed by atoms with E-state index >= 15 is 0 Å².